The van der Waals surface area contributed by atoms with E-state index in [1.165, 1.54) is 24.3 Å². The number of nitrogens with one attached hydrogen (secondary N) is 1. The fourth-order valence-corrected chi connectivity index (χ4v) is 1.18. The van der Waals surface area contributed by atoms with Crippen LogP contribution in [-0.4, -0.2) is 41.8 Å². The Bertz CT molecular complexity index is 401. The molecule has 3 N–H and O–H groups in total. The smallest absolute Gasteiger partial charge is 0.330 e. The first-order valence-corrected chi connectivity index (χ1v) is 4.87. The predicted octanol–water partition coefficient (Wildman–Crippen LogP) is -0.344. The van der Waals surface area contributed by atoms with Crippen molar-refractivity contribution in [1.82, 2.24) is 5.32 Å². The largest absolute Gasteiger partial charge is 0.508 e. The summed E-state index contributed by atoms with van der Waals surface area (Å²) in [6.07, 6.45) is 0. The van der Waals surface area contributed by atoms with E-state index in [0.29, 0.717) is 0 Å². The molecule has 0 radical (unpaired) electrons. The molecule has 0 fully saturated rings. The molecular weight excluding hydrogens is 226 g/mol. The Kier molecular flexibility index (Phi) is 4.47. The number of aliphatic hydroxyl groups is 1. The number of phenolic OH excluding ortho intramolecular Hbond substituents is 1. The van der Waals surface area contributed by atoms with E-state index in [9.17, 15) is 9.59 Å². The number of amides is 1. The summed E-state index contributed by atoms with van der Waals surface area (Å²) in [4.78, 5) is 22.8. The average molecular weight is 239 g/mol. The zero-order valence-corrected chi connectivity index (χ0v) is 9.21. The van der Waals surface area contributed by atoms with Crippen molar-refractivity contribution in [2.45, 2.75) is 6.04 Å². The van der Waals surface area contributed by atoms with Crippen LogP contribution in [0.4, 0.5) is 0 Å². The molecule has 1 amide bonds. The van der Waals surface area contributed by atoms with Gasteiger partial charge in [0.2, 0.25) is 0 Å². The minimum Gasteiger partial charge on any atom is -0.508 e. The van der Waals surface area contributed by atoms with Crippen molar-refractivity contribution in [3.05, 3.63) is 29.8 Å². The second kappa shape index (κ2) is 5.86. The molecule has 0 saturated carbocycles. The van der Waals surface area contributed by atoms with Crippen molar-refractivity contribution in [3.63, 3.8) is 0 Å². The summed E-state index contributed by atoms with van der Waals surface area (Å²) in [5.41, 5.74) is 0.269. The highest BCUT2D eigenvalue weighted by Gasteiger charge is 2.20. The lowest BCUT2D eigenvalue weighted by molar-refractivity contribution is -0.143. The number of aliphatic hydroxyl groups excluding tert-OH is 1. The zero-order valence-electron chi connectivity index (χ0n) is 9.21. The van der Waals surface area contributed by atoms with Crippen LogP contribution in [0.15, 0.2) is 24.3 Å². The van der Waals surface area contributed by atoms with Crippen LogP contribution < -0.4 is 5.32 Å². The van der Waals surface area contributed by atoms with Crippen molar-refractivity contribution < 1.29 is 24.5 Å². The minimum atomic E-state index is -1.10. The Morgan fingerprint density at radius 2 is 1.94 bits per heavy atom. The van der Waals surface area contributed by atoms with Crippen molar-refractivity contribution in [2.24, 2.45) is 0 Å². The van der Waals surface area contributed by atoms with Gasteiger partial charge in [0.1, 0.15) is 5.75 Å². The summed E-state index contributed by atoms with van der Waals surface area (Å²) < 4.78 is 4.41. The van der Waals surface area contributed by atoms with E-state index in [1.54, 1.807) is 0 Å². The van der Waals surface area contributed by atoms with E-state index < -0.39 is 24.5 Å². The Labute approximate surface area is 97.8 Å². The van der Waals surface area contributed by atoms with Crippen LogP contribution in [-0.2, 0) is 9.53 Å². The Hall–Kier alpha value is -2.08. The number of carbonyl (C=O) groups is 2. The van der Waals surface area contributed by atoms with E-state index in [0.717, 1.165) is 7.11 Å². The standard InChI is InChI=1S/C11H13NO5/c1-17-11(16)9(6-13)12-10(15)7-2-4-8(14)5-3-7/h2-5,9,13-14H,6H2,1H3,(H,12,15). The lowest BCUT2D eigenvalue weighted by atomic mass is 10.2. The Morgan fingerprint density at radius 1 is 1.35 bits per heavy atom. The van der Waals surface area contributed by atoms with Gasteiger partial charge in [0.05, 0.1) is 13.7 Å². The molecule has 1 aromatic carbocycles. The number of benzene rings is 1. The van der Waals surface area contributed by atoms with Crippen LogP contribution in [0.5, 0.6) is 5.75 Å². The first kappa shape index (κ1) is 13.0. The Balaban J connectivity index is 2.71. The van der Waals surface area contributed by atoms with Gasteiger partial charge in [-0.2, -0.15) is 0 Å². The maximum Gasteiger partial charge on any atom is 0.330 e. The van der Waals surface area contributed by atoms with Gasteiger partial charge >= 0.3 is 5.97 Å². The number of phenols is 1. The number of hydrogen-bond donors (Lipinski definition) is 3. The van der Waals surface area contributed by atoms with Gasteiger partial charge in [0, 0.05) is 5.56 Å². The lowest BCUT2D eigenvalue weighted by Gasteiger charge is -2.13. The number of methoxy groups -OCH3 is 1. The maximum absolute atomic E-state index is 11.6. The van der Waals surface area contributed by atoms with E-state index in [2.05, 4.69) is 10.1 Å². The molecule has 1 aromatic rings. The number of rotatable bonds is 4. The maximum atomic E-state index is 11.6. The fraction of sp³-hybridized carbons (Fsp3) is 0.273. The molecule has 0 aliphatic heterocycles. The molecular formula is C11H13NO5. The SMILES string of the molecule is COC(=O)C(CO)NC(=O)c1ccc(O)cc1. The summed E-state index contributed by atoms with van der Waals surface area (Å²) >= 11 is 0. The van der Waals surface area contributed by atoms with Crippen molar-refractivity contribution in [3.8, 4) is 5.75 Å². The van der Waals surface area contributed by atoms with E-state index in [1.807, 2.05) is 0 Å². The van der Waals surface area contributed by atoms with Crippen LogP contribution >= 0.6 is 0 Å². The molecule has 6 heteroatoms. The summed E-state index contributed by atoms with van der Waals surface area (Å²) in [7, 11) is 1.16. The van der Waals surface area contributed by atoms with Crippen LogP contribution in [0.25, 0.3) is 0 Å². The van der Waals surface area contributed by atoms with Gasteiger partial charge in [-0.3, -0.25) is 4.79 Å². The molecule has 0 aliphatic carbocycles. The van der Waals surface area contributed by atoms with E-state index in [-0.39, 0.29) is 11.3 Å². The number of ether oxygens (including phenoxy) is 1. The number of hydrogen-bond acceptors (Lipinski definition) is 5. The van der Waals surface area contributed by atoms with Gasteiger partial charge < -0.3 is 20.3 Å². The van der Waals surface area contributed by atoms with E-state index >= 15 is 0 Å². The molecule has 1 unspecified atom stereocenters. The average Bonchev–Trinajstić information content (AvgIpc) is 2.35. The van der Waals surface area contributed by atoms with Gasteiger partial charge in [0.15, 0.2) is 6.04 Å². The van der Waals surface area contributed by atoms with Crippen LogP contribution in [0.2, 0.25) is 0 Å². The third-order valence-corrected chi connectivity index (χ3v) is 2.10. The quantitative estimate of drug-likeness (QED) is 0.624. The molecule has 1 atom stereocenters. The van der Waals surface area contributed by atoms with Gasteiger partial charge in [-0.15, -0.1) is 0 Å². The fourth-order valence-electron chi connectivity index (χ4n) is 1.18. The number of carbonyl (C=O) groups excluding carboxylic acids is 2. The summed E-state index contributed by atoms with van der Waals surface area (Å²) in [5.74, 6) is -1.22. The lowest BCUT2D eigenvalue weighted by Crippen LogP contribution is -2.44. The molecule has 0 aromatic heterocycles. The van der Waals surface area contributed by atoms with Gasteiger partial charge in [0.25, 0.3) is 5.91 Å². The topological polar surface area (TPSA) is 95.9 Å². The Morgan fingerprint density at radius 3 is 2.41 bits per heavy atom. The third kappa shape index (κ3) is 3.46. The first-order chi connectivity index (χ1) is 8.08. The highest BCUT2D eigenvalue weighted by molar-refractivity contribution is 5.96. The molecule has 1 rings (SSSR count). The molecule has 0 heterocycles. The van der Waals surface area contributed by atoms with Crippen LogP contribution in [0.3, 0.4) is 0 Å². The molecule has 0 bridgehead atoms. The highest BCUT2D eigenvalue weighted by Crippen LogP contribution is 2.09. The van der Waals surface area contributed by atoms with Gasteiger partial charge in [-0.1, -0.05) is 0 Å². The number of aromatic hydroxyl groups is 1. The minimum absolute atomic E-state index is 0.0354. The second-order valence-corrected chi connectivity index (χ2v) is 3.28. The van der Waals surface area contributed by atoms with Crippen LogP contribution in [0.1, 0.15) is 10.4 Å². The van der Waals surface area contributed by atoms with Crippen molar-refractivity contribution in [1.29, 1.82) is 0 Å². The summed E-state index contributed by atoms with van der Waals surface area (Å²) in [6, 6.07) is 4.40. The monoisotopic (exact) mass is 239 g/mol. The highest BCUT2D eigenvalue weighted by atomic mass is 16.5. The first-order valence-electron chi connectivity index (χ1n) is 4.87. The normalized spacial score (nSPS) is 11.6. The van der Waals surface area contributed by atoms with Crippen LogP contribution in [0, 0.1) is 0 Å². The molecule has 0 saturated heterocycles. The van der Waals surface area contributed by atoms with Gasteiger partial charge in [-0.05, 0) is 24.3 Å². The second-order valence-electron chi connectivity index (χ2n) is 3.28. The third-order valence-electron chi connectivity index (χ3n) is 2.10. The molecule has 0 aliphatic rings. The summed E-state index contributed by atoms with van der Waals surface area (Å²) in [6.45, 7) is -0.545. The van der Waals surface area contributed by atoms with Crippen molar-refractivity contribution >= 4 is 11.9 Å². The van der Waals surface area contributed by atoms with Crippen molar-refractivity contribution in [2.75, 3.05) is 13.7 Å². The molecule has 6 nitrogen and oxygen atoms in total. The van der Waals surface area contributed by atoms with E-state index in [4.69, 9.17) is 10.2 Å². The molecule has 0 spiro atoms. The molecule has 92 valence electrons. The van der Waals surface area contributed by atoms with Gasteiger partial charge in [-0.25, -0.2) is 4.79 Å². The predicted molar refractivity (Wildman–Crippen MR) is 58.5 cm³/mol. The number of esters is 1. The summed E-state index contributed by atoms with van der Waals surface area (Å²) in [5, 5.41) is 20.3. The molecule has 17 heavy (non-hydrogen) atoms. The zero-order chi connectivity index (χ0) is 12.8.